The van der Waals surface area contributed by atoms with Gasteiger partial charge in [-0.2, -0.15) is 0 Å². The fourth-order valence-corrected chi connectivity index (χ4v) is 2.77. The Hall–Kier alpha value is -2.37. The van der Waals surface area contributed by atoms with Crippen LogP contribution in [0.3, 0.4) is 0 Å². The second-order valence-corrected chi connectivity index (χ2v) is 5.30. The summed E-state index contributed by atoms with van der Waals surface area (Å²) in [5, 5.41) is 5.39. The van der Waals surface area contributed by atoms with Crippen LogP contribution in [0.5, 0.6) is 0 Å². The van der Waals surface area contributed by atoms with Gasteiger partial charge in [0.05, 0.1) is 0 Å². The Bertz CT molecular complexity index is 573. The number of hydrogen-bond donors (Lipinski definition) is 2. The Balaban J connectivity index is 2.31. The van der Waals surface area contributed by atoms with Gasteiger partial charge in [-0.05, 0) is 18.9 Å². The van der Waals surface area contributed by atoms with Gasteiger partial charge in [0.15, 0.2) is 0 Å². The summed E-state index contributed by atoms with van der Waals surface area (Å²) in [5.74, 6) is -0.705. The van der Waals surface area contributed by atoms with Crippen LogP contribution in [0.15, 0.2) is 30.3 Å². The first-order valence-electron chi connectivity index (χ1n) is 7.51. The largest absolute Gasteiger partial charge is 0.355 e. The molecule has 2 rings (SSSR count). The predicted molar refractivity (Wildman–Crippen MR) is 82.0 cm³/mol. The number of likely N-dealkylation sites (N-methyl/N-ethyl adjacent to an activating group) is 1. The first-order chi connectivity index (χ1) is 10.5. The molecule has 1 saturated heterocycles. The van der Waals surface area contributed by atoms with E-state index >= 15 is 0 Å². The summed E-state index contributed by atoms with van der Waals surface area (Å²) in [4.78, 5) is 37.7. The van der Waals surface area contributed by atoms with E-state index in [9.17, 15) is 14.4 Å². The number of urea groups is 1. The lowest BCUT2D eigenvalue weighted by molar-refractivity contribution is -0.135. The van der Waals surface area contributed by atoms with Gasteiger partial charge in [-0.3, -0.25) is 14.5 Å². The van der Waals surface area contributed by atoms with Gasteiger partial charge in [0.2, 0.25) is 5.91 Å². The highest BCUT2D eigenvalue weighted by Crippen LogP contribution is 2.33. The quantitative estimate of drug-likeness (QED) is 0.779. The van der Waals surface area contributed by atoms with E-state index in [4.69, 9.17) is 0 Å². The van der Waals surface area contributed by atoms with Gasteiger partial charge < -0.3 is 10.6 Å². The minimum Gasteiger partial charge on any atom is -0.355 e. The van der Waals surface area contributed by atoms with E-state index in [2.05, 4.69) is 10.6 Å². The number of amides is 4. The zero-order valence-corrected chi connectivity index (χ0v) is 12.9. The molecule has 1 heterocycles. The molecule has 118 valence electrons. The Kier molecular flexibility index (Phi) is 4.80. The fourth-order valence-electron chi connectivity index (χ4n) is 2.77. The molecule has 4 amide bonds. The Morgan fingerprint density at radius 2 is 1.91 bits per heavy atom. The molecule has 1 aliphatic heterocycles. The first kappa shape index (κ1) is 16.0. The van der Waals surface area contributed by atoms with Gasteiger partial charge in [-0.25, -0.2) is 4.79 Å². The summed E-state index contributed by atoms with van der Waals surface area (Å²) >= 11 is 0. The van der Waals surface area contributed by atoms with Gasteiger partial charge in [0, 0.05) is 6.54 Å². The van der Waals surface area contributed by atoms with Crippen LogP contribution >= 0.6 is 0 Å². The van der Waals surface area contributed by atoms with E-state index < -0.39 is 11.6 Å². The Morgan fingerprint density at radius 3 is 2.50 bits per heavy atom. The Labute approximate surface area is 129 Å². The summed E-state index contributed by atoms with van der Waals surface area (Å²) < 4.78 is 0. The monoisotopic (exact) mass is 303 g/mol. The minimum atomic E-state index is -1.07. The molecule has 2 N–H and O–H groups in total. The van der Waals surface area contributed by atoms with E-state index in [1.54, 1.807) is 6.92 Å². The molecule has 0 saturated carbocycles. The van der Waals surface area contributed by atoms with E-state index in [1.807, 2.05) is 37.3 Å². The van der Waals surface area contributed by atoms with Crippen molar-refractivity contribution in [1.82, 2.24) is 15.5 Å². The predicted octanol–water partition coefficient (Wildman–Crippen LogP) is 1.37. The molecule has 0 aliphatic carbocycles. The van der Waals surface area contributed by atoms with Crippen molar-refractivity contribution < 1.29 is 14.4 Å². The Morgan fingerprint density at radius 1 is 1.23 bits per heavy atom. The number of carbonyl (C=O) groups is 3. The summed E-state index contributed by atoms with van der Waals surface area (Å²) in [5.41, 5.74) is -0.326. The summed E-state index contributed by atoms with van der Waals surface area (Å²) in [6.45, 7) is 3.95. The first-order valence-corrected chi connectivity index (χ1v) is 7.51. The van der Waals surface area contributed by atoms with Crippen molar-refractivity contribution in [2.75, 3.05) is 13.1 Å². The fraction of sp³-hybridized carbons (Fsp3) is 0.438. The molecule has 22 heavy (non-hydrogen) atoms. The number of hydrogen-bond acceptors (Lipinski definition) is 3. The van der Waals surface area contributed by atoms with E-state index in [-0.39, 0.29) is 18.4 Å². The van der Waals surface area contributed by atoms with Gasteiger partial charge in [0.25, 0.3) is 5.91 Å². The molecule has 0 aromatic heterocycles. The summed E-state index contributed by atoms with van der Waals surface area (Å²) in [6.07, 6.45) is 1.23. The zero-order valence-electron chi connectivity index (χ0n) is 12.9. The van der Waals surface area contributed by atoms with Crippen molar-refractivity contribution in [3.8, 4) is 0 Å². The highest BCUT2D eigenvalue weighted by atomic mass is 16.2. The van der Waals surface area contributed by atoms with Gasteiger partial charge in [-0.1, -0.05) is 43.7 Å². The highest BCUT2D eigenvalue weighted by molar-refractivity contribution is 6.09. The molecule has 1 aromatic rings. The smallest absolute Gasteiger partial charge is 0.325 e. The number of nitrogens with one attached hydrogen (secondary N) is 2. The number of rotatable bonds is 6. The molecule has 0 bridgehead atoms. The highest BCUT2D eigenvalue weighted by Gasteiger charge is 2.51. The van der Waals surface area contributed by atoms with E-state index in [0.717, 1.165) is 16.9 Å². The van der Waals surface area contributed by atoms with Crippen LogP contribution in [0.4, 0.5) is 4.79 Å². The van der Waals surface area contributed by atoms with Crippen molar-refractivity contribution in [1.29, 1.82) is 0 Å². The lowest BCUT2D eigenvalue weighted by Crippen LogP contribution is -2.45. The third-order valence-electron chi connectivity index (χ3n) is 3.74. The van der Waals surface area contributed by atoms with Crippen molar-refractivity contribution in [3.63, 3.8) is 0 Å². The molecular weight excluding hydrogens is 282 g/mol. The summed E-state index contributed by atoms with van der Waals surface area (Å²) in [6, 6.07) is 8.65. The molecule has 0 unspecified atom stereocenters. The normalized spacial score (nSPS) is 20.9. The molecular formula is C16H21N3O3. The molecule has 1 fully saturated rings. The van der Waals surface area contributed by atoms with Crippen LogP contribution in [-0.2, 0) is 15.1 Å². The third-order valence-corrected chi connectivity index (χ3v) is 3.74. The van der Waals surface area contributed by atoms with Crippen molar-refractivity contribution in [2.24, 2.45) is 0 Å². The van der Waals surface area contributed by atoms with Crippen molar-refractivity contribution in [3.05, 3.63) is 35.9 Å². The topological polar surface area (TPSA) is 78.5 Å². The average Bonchev–Trinajstić information content (AvgIpc) is 2.74. The molecule has 0 radical (unpaired) electrons. The average molecular weight is 303 g/mol. The van der Waals surface area contributed by atoms with Crippen molar-refractivity contribution >= 4 is 17.8 Å². The molecule has 1 aromatic carbocycles. The second-order valence-electron chi connectivity index (χ2n) is 5.30. The van der Waals surface area contributed by atoms with Gasteiger partial charge in [-0.15, -0.1) is 0 Å². The lowest BCUT2D eigenvalue weighted by Gasteiger charge is -2.26. The number of imide groups is 1. The zero-order chi connectivity index (χ0) is 16.2. The molecule has 1 aliphatic rings. The molecule has 6 heteroatoms. The van der Waals surface area contributed by atoms with Crippen LogP contribution in [0, 0.1) is 0 Å². The second kappa shape index (κ2) is 6.60. The van der Waals surface area contributed by atoms with Crippen molar-refractivity contribution in [2.45, 2.75) is 32.2 Å². The number of benzene rings is 1. The maximum Gasteiger partial charge on any atom is 0.325 e. The third kappa shape index (κ3) is 2.81. The maximum absolute atomic E-state index is 12.8. The standard InChI is InChI=1S/C16H21N3O3/c1-3-10-16(12-8-6-5-7-9-12)14(21)19(15(22)18-16)11-13(20)17-4-2/h5-9H,3-4,10-11H2,1-2H3,(H,17,20)(H,18,22)/t16-/m1/s1. The molecule has 0 spiro atoms. The number of carbonyl (C=O) groups excluding carboxylic acids is 3. The summed E-state index contributed by atoms with van der Waals surface area (Å²) in [7, 11) is 0. The molecule has 1 atom stereocenters. The molecule has 6 nitrogen and oxygen atoms in total. The lowest BCUT2D eigenvalue weighted by atomic mass is 9.85. The van der Waals surface area contributed by atoms with Crippen LogP contribution < -0.4 is 10.6 Å². The number of nitrogens with zero attached hydrogens (tertiary/aromatic N) is 1. The van der Waals surface area contributed by atoms with Gasteiger partial charge >= 0.3 is 6.03 Å². The van der Waals surface area contributed by atoms with Crippen LogP contribution in [0.25, 0.3) is 0 Å². The van der Waals surface area contributed by atoms with Crippen LogP contribution in [-0.4, -0.2) is 35.8 Å². The van der Waals surface area contributed by atoms with E-state index in [1.165, 1.54) is 0 Å². The SMILES string of the molecule is CCC[C@]1(c2ccccc2)NC(=O)N(CC(=O)NCC)C1=O. The van der Waals surface area contributed by atoms with E-state index in [0.29, 0.717) is 13.0 Å². The maximum atomic E-state index is 12.8. The minimum absolute atomic E-state index is 0.253. The van der Waals surface area contributed by atoms with Crippen LogP contribution in [0.1, 0.15) is 32.3 Å². The van der Waals surface area contributed by atoms with Crippen LogP contribution in [0.2, 0.25) is 0 Å². The van der Waals surface area contributed by atoms with Gasteiger partial charge in [0.1, 0.15) is 12.1 Å².